The predicted octanol–water partition coefficient (Wildman–Crippen LogP) is 1.38. The number of carboxylic acids is 1. The number of carboxylic acid groups (broad SMARTS) is 1. The van der Waals surface area contributed by atoms with Crippen LogP contribution in [0.5, 0.6) is 0 Å². The summed E-state index contributed by atoms with van der Waals surface area (Å²) in [6, 6.07) is 0.105. The summed E-state index contributed by atoms with van der Waals surface area (Å²) in [6.07, 6.45) is 0.528. The molecule has 1 aliphatic heterocycles. The van der Waals surface area contributed by atoms with Gasteiger partial charge in [-0.2, -0.15) is 0 Å². The molecule has 1 heterocycles. The first-order valence-corrected chi connectivity index (χ1v) is 7.75. The molecule has 0 saturated carbocycles. The number of nitrogens with zero attached hydrogens (tertiary/aromatic N) is 1. The van der Waals surface area contributed by atoms with Crippen molar-refractivity contribution in [3.8, 4) is 0 Å². The average Bonchev–Trinajstić information content (AvgIpc) is 2.80. The summed E-state index contributed by atoms with van der Waals surface area (Å²) in [5.41, 5.74) is 0. The van der Waals surface area contributed by atoms with Crippen molar-refractivity contribution < 1.29 is 19.4 Å². The van der Waals surface area contributed by atoms with E-state index in [1.54, 1.807) is 0 Å². The molecule has 1 aliphatic rings. The molecule has 0 aromatic heterocycles. The van der Waals surface area contributed by atoms with Crippen molar-refractivity contribution in [2.45, 2.75) is 39.7 Å². The number of carbonyl (C=O) groups is 2. The smallest absolute Gasteiger partial charge is 0.304 e. The molecule has 0 aliphatic carbocycles. The summed E-state index contributed by atoms with van der Waals surface area (Å²) in [6.45, 7) is 9.39. The molecule has 7 heteroatoms. The molecule has 6 nitrogen and oxygen atoms in total. The Hall–Kier alpha value is -0.850. The van der Waals surface area contributed by atoms with Crippen molar-refractivity contribution in [3.05, 3.63) is 0 Å². The molecular weight excluding hydrogens is 308 g/mol. The zero-order valence-corrected chi connectivity index (χ0v) is 14.5. The Bertz CT molecular complexity index is 352. The fraction of sp³-hybridized carbons (Fsp3) is 0.867. The molecular formula is C15H29ClN2O4. The summed E-state index contributed by atoms with van der Waals surface area (Å²) in [5, 5.41) is 11.8. The van der Waals surface area contributed by atoms with Gasteiger partial charge in [-0.15, -0.1) is 12.4 Å². The molecule has 2 N–H and O–H groups in total. The SMILES string of the molecule is CCOCCC(=O)N[C@H]1CN(CCC(=O)O)C[C@@H]1C(C)C.Cl. The zero-order chi connectivity index (χ0) is 15.8. The highest BCUT2D eigenvalue weighted by Gasteiger charge is 2.35. The Morgan fingerprint density at radius 1 is 1.32 bits per heavy atom. The lowest BCUT2D eigenvalue weighted by atomic mass is 9.91. The van der Waals surface area contributed by atoms with Gasteiger partial charge in [-0.05, 0) is 18.8 Å². The molecule has 0 radical (unpaired) electrons. The second kappa shape index (κ2) is 10.8. The fourth-order valence-corrected chi connectivity index (χ4v) is 2.77. The van der Waals surface area contributed by atoms with Crippen LogP contribution >= 0.6 is 12.4 Å². The van der Waals surface area contributed by atoms with E-state index in [-0.39, 0.29) is 30.8 Å². The Kier molecular flexibility index (Phi) is 10.4. The van der Waals surface area contributed by atoms with E-state index >= 15 is 0 Å². The lowest BCUT2D eigenvalue weighted by Gasteiger charge is -2.23. The molecule has 1 fully saturated rings. The third-order valence-corrected chi connectivity index (χ3v) is 3.96. The molecule has 0 unspecified atom stereocenters. The average molecular weight is 337 g/mol. The molecule has 1 rings (SSSR count). The lowest BCUT2D eigenvalue weighted by Crippen LogP contribution is -2.42. The number of nitrogens with one attached hydrogen (secondary N) is 1. The monoisotopic (exact) mass is 336 g/mol. The number of halogens is 1. The van der Waals surface area contributed by atoms with Crippen LogP contribution in [0.3, 0.4) is 0 Å². The molecule has 1 saturated heterocycles. The second-order valence-corrected chi connectivity index (χ2v) is 5.93. The van der Waals surface area contributed by atoms with Crippen LogP contribution in [0.1, 0.15) is 33.6 Å². The summed E-state index contributed by atoms with van der Waals surface area (Å²) < 4.78 is 5.19. The molecule has 0 aromatic rings. The summed E-state index contributed by atoms with van der Waals surface area (Å²) in [5.74, 6) is 0.0614. The highest BCUT2D eigenvalue weighted by molar-refractivity contribution is 5.85. The highest BCUT2D eigenvalue weighted by atomic mass is 35.5. The lowest BCUT2D eigenvalue weighted by molar-refractivity contribution is -0.137. The van der Waals surface area contributed by atoms with Crippen molar-refractivity contribution in [3.63, 3.8) is 0 Å². The van der Waals surface area contributed by atoms with Crippen LogP contribution in [0.15, 0.2) is 0 Å². The van der Waals surface area contributed by atoms with Crippen LogP contribution in [-0.2, 0) is 14.3 Å². The molecule has 1 amide bonds. The molecule has 0 aromatic carbocycles. The van der Waals surface area contributed by atoms with Crippen LogP contribution in [0, 0.1) is 11.8 Å². The van der Waals surface area contributed by atoms with Gasteiger partial charge < -0.3 is 20.1 Å². The standard InChI is InChI=1S/C15H28N2O4.ClH/c1-4-21-8-6-14(18)16-13-10-17(7-5-15(19)20)9-12(13)11(2)3;/h11-13H,4-10H2,1-3H3,(H,16,18)(H,19,20);1H/t12-,13+;/m1./s1. The van der Waals surface area contributed by atoms with Crippen LogP contribution in [0.2, 0.25) is 0 Å². The van der Waals surface area contributed by atoms with Gasteiger partial charge in [-0.1, -0.05) is 13.8 Å². The number of amides is 1. The third-order valence-electron chi connectivity index (χ3n) is 3.96. The maximum atomic E-state index is 11.9. The minimum atomic E-state index is -0.778. The molecule has 22 heavy (non-hydrogen) atoms. The van der Waals surface area contributed by atoms with E-state index in [0.29, 0.717) is 38.0 Å². The van der Waals surface area contributed by atoms with E-state index in [0.717, 1.165) is 13.1 Å². The van der Waals surface area contributed by atoms with Crippen molar-refractivity contribution in [2.75, 3.05) is 32.8 Å². The van der Waals surface area contributed by atoms with E-state index in [1.807, 2.05) is 6.92 Å². The van der Waals surface area contributed by atoms with Crippen LogP contribution in [0.25, 0.3) is 0 Å². The topological polar surface area (TPSA) is 78.9 Å². The van der Waals surface area contributed by atoms with Gasteiger partial charge in [0, 0.05) is 38.7 Å². The van der Waals surface area contributed by atoms with Gasteiger partial charge in [0.25, 0.3) is 0 Å². The van der Waals surface area contributed by atoms with E-state index in [4.69, 9.17) is 9.84 Å². The first-order chi connectivity index (χ1) is 9.93. The van der Waals surface area contributed by atoms with Gasteiger partial charge in [-0.3, -0.25) is 9.59 Å². The largest absolute Gasteiger partial charge is 0.481 e. The summed E-state index contributed by atoms with van der Waals surface area (Å²) in [4.78, 5) is 24.7. The number of carbonyl (C=O) groups excluding carboxylic acids is 1. The Morgan fingerprint density at radius 2 is 2.00 bits per heavy atom. The second-order valence-electron chi connectivity index (χ2n) is 5.93. The number of ether oxygens (including phenoxy) is 1. The molecule has 0 spiro atoms. The van der Waals surface area contributed by atoms with Gasteiger partial charge >= 0.3 is 5.97 Å². The van der Waals surface area contributed by atoms with Gasteiger partial charge in [0.05, 0.1) is 13.0 Å². The van der Waals surface area contributed by atoms with E-state index in [2.05, 4.69) is 24.1 Å². The summed E-state index contributed by atoms with van der Waals surface area (Å²) in [7, 11) is 0. The first kappa shape index (κ1) is 21.1. The number of rotatable bonds is 9. The third kappa shape index (κ3) is 7.42. The van der Waals surface area contributed by atoms with Crippen LogP contribution in [-0.4, -0.2) is 60.8 Å². The highest BCUT2D eigenvalue weighted by Crippen LogP contribution is 2.24. The number of hydrogen-bond donors (Lipinski definition) is 2. The van der Waals surface area contributed by atoms with Gasteiger partial charge in [0.2, 0.25) is 5.91 Å². The Morgan fingerprint density at radius 3 is 2.55 bits per heavy atom. The molecule has 130 valence electrons. The van der Waals surface area contributed by atoms with Crippen molar-refractivity contribution in [1.29, 1.82) is 0 Å². The zero-order valence-electron chi connectivity index (χ0n) is 13.7. The Labute approximate surface area is 139 Å². The molecule has 2 atom stereocenters. The fourth-order valence-electron chi connectivity index (χ4n) is 2.77. The minimum absolute atomic E-state index is 0. The van der Waals surface area contributed by atoms with Crippen LogP contribution < -0.4 is 5.32 Å². The minimum Gasteiger partial charge on any atom is -0.481 e. The van der Waals surface area contributed by atoms with Gasteiger partial charge in [0.1, 0.15) is 0 Å². The van der Waals surface area contributed by atoms with Gasteiger partial charge in [0.15, 0.2) is 0 Å². The van der Waals surface area contributed by atoms with Gasteiger partial charge in [-0.25, -0.2) is 0 Å². The van der Waals surface area contributed by atoms with Crippen molar-refractivity contribution in [1.82, 2.24) is 10.2 Å². The maximum absolute atomic E-state index is 11.9. The Balaban J connectivity index is 0.00000441. The normalized spacial score (nSPS) is 21.6. The molecule has 0 bridgehead atoms. The summed E-state index contributed by atoms with van der Waals surface area (Å²) >= 11 is 0. The quantitative estimate of drug-likeness (QED) is 0.622. The van der Waals surface area contributed by atoms with E-state index in [9.17, 15) is 9.59 Å². The van der Waals surface area contributed by atoms with Crippen molar-refractivity contribution >= 4 is 24.3 Å². The number of hydrogen-bond acceptors (Lipinski definition) is 4. The van der Waals surface area contributed by atoms with Crippen molar-refractivity contribution in [2.24, 2.45) is 11.8 Å². The maximum Gasteiger partial charge on any atom is 0.304 e. The van der Waals surface area contributed by atoms with E-state index < -0.39 is 5.97 Å². The number of likely N-dealkylation sites (tertiary alicyclic amines) is 1. The first-order valence-electron chi connectivity index (χ1n) is 7.75. The van der Waals surface area contributed by atoms with E-state index in [1.165, 1.54) is 0 Å². The predicted molar refractivity (Wildman–Crippen MR) is 87.3 cm³/mol. The van der Waals surface area contributed by atoms with Crippen LogP contribution in [0.4, 0.5) is 0 Å². The number of aliphatic carboxylic acids is 1.